The van der Waals surface area contributed by atoms with Crippen LogP contribution < -0.4 is 5.32 Å². The zero-order valence-corrected chi connectivity index (χ0v) is 17.2. The summed E-state index contributed by atoms with van der Waals surface area (Å²) in [5, 5.41) is 8.81. The molecule has 0 fully saturated rings. The Bertz CT molecular complexity index is 1150. The third kappa shape index (κ3) is 3.48. The van der Waals surface area contributed by atoms with Gasteiger partial charge in [0.25, 0.3) is 0 Å². The average Bonchev–Trinajstić information content (AvgIpc) is 3.05. The molecule has 4 rings (SSSR count). The van der Waals surface area contributed by atoms with Crippen molar-refractivity contribution in [2.45, 2.75) is 33.1 Å². The van der Waals surface area contributed by atoms with Gasteiger partial charge in [-0.05, 0) is 30.7 Å². The van der Waals surface area contributed by atoms with Crippen molar-refractivity contribution in [2.24, 2.45) is 0 Å². The Morgan fingerprint density at radius 2 is 1.75 bits per heavy atom. The molecule has 0 bridgehead atoms. The quantitative estimate of drug-likeness (QED) is 0.440. The van der Waals surface area contributed by atoms with Crippen LogP contribution in [0.2, 0.25) is 5.02 Å². The minimum absolute atomic E-state index is 0.104. The molecular weight excluding hydrogens is 368 g/mol. The van der Waals surface area contributed by atoms with Crippen LogP contribution in [0.4, 0.5) is 11.5 Å². The summed E-state index contributed by atoms with van der Waals surface area (Å²) in [5.74, 6) is 0.874. The molecule has 0 atom stereocenters. The summed E-state index contributed by atoms with van der Waals surface area (Å²) in [4.78, 5) is 4.95. The van der Waals surface area contributed by atoms with E-state index in [1.54, 1.807) is 0 Å². The summed E-state index contributed by atoms with van der Waals surface area (Å²) in [7, 11) is 0. The summed E-state index contributed by atoms with van der Waals surface area (Å²) in [6.45, 7) is 8.56. The minimum atomic E-state index is -0.104. The van der Waals surface area contributed by atoms with E-state index < -0.39 is 0 Å². The minimum Gasteiger partial charge on any atom is -0.340 e. The first-order valence-electron chi connectivity index (χ1n) is 9.31. The van der Waals surface area contributed by atoms with E-state index in [0.717, 1.165) is 34.0 Å². The molecule has 0 aliphatic heterocycles. The van der Waals surface area contributed by atoms with Gasteiger partial charge >= 0.3 is 0 Å². The maximum Gasteiger partial charge on any atom is 0.165 e. The molecule has 0 aliphatic carbocycles. The molecule has 2 aromatic carbocycles. The number of aryl methyl sites for hydroxylation is 1. The lowest BCUT2D eigenvalue weighted by Crippen LogP contribution is -2.16. The maximum absolute atomic E-state index is 6.45. The van der Waals surface area contributed by atoms with Gasteiger partial charge in [0.15, 0.2) is 5.65 Å². The van der Waals surface area contributed by atoms with Crippen molar-refractivity contribution >= 4 is 28.8 Å². The van der Waals surface area contributed by atoms with Crippen LogP contribution in [0.3, 0.4) is 0 Å². The summed E-state index contributed by atoms with van der Waals surface area (Å²) in [5.41, 5.74) is 5.74. The highest BCUT2D eigenvalue weighted by atomic mass is 35.5. The molecular formula is C23H23ClN4. The second kappa shape index (κ2) is 6.95. The van der Waals surface area contributed by atoms with Crippen molar-refractivity contribution < 1.29 is 0 Å². The third-order valence-corrected chi connectivity index (χ3v) is 5.02. The molecule has 2 heterocycles. The summed E-state index contributed by atoms with van der Waals surface area (Å²) in [6.07, 6.45) is 1.83. The number of halogens is 1. The number of fused-ring (bicyclic) bond motifs is 1. The highest BCUT2D eigenvalue weighted by Crippen LogP contribution is 2.33. The predicted octanol–water partition coefficient (Wildman–Crippen LogP) is 6.40. The number of rotatable bonds is 3. The monoisotopic (exact) mass is 390 g/mol. The Balaban J connectivity index is 1.93. The van der Waals surface area contributed by atoms with Crippen molar-refractivity contribution in [3.8, 4) is 11.1 Å². The van der Waals surface area contributed by atoms with Gasteiger partial charge < -0.3 is 5.32 Å². The molecule has 1 N–H and O–H groups in total. The highest BCUT2D eigenvalue weighted by molar-refractivity contribution is 6.33. The second-order valence-electron chi connectivity index (χ2n) is 8.04. The number of aromatic nitrogens is 3. The van der Waals surface area contributed by atoms with Crippen molar-refractivity contribution in [2.75, 3.05) is 5.32 Å². The van der Waals surface area contributed by atoms with E-state index in [1.807, 2.05) is 41.0 Å². The normalized spacial score (nSPS) is 11.8. The maximum atomic E-state index is 6.45. The SMILES string of the molecule is Cc1cccc(Nc2cc(C(C)(C)C)nc3c(-c4ccccc4Cl)cnn23)c1. The van der Waals surface area contributed by atoms with Gasteiger partial charge in [-0.2, -0.15) is 9.61 Å². The fraction of sp³-hybridized carbons (Fsp3) is 0.217. The van der Waals surface area contributed by atoms with Gasteiger partial charge in [-0.25, -0.2) is 4.98 Å². The Morgan fingerprint density at radius 3 is 2.46 bits per heavy atom. The van der Waals surface area contributed by atoms with Gasteiger partial charge in [-0.15, -0.1) is 0 Å². The van der Waals surface area contributed by atoms with E-state index in [9.17, 15) is 0 Å². The van der Waals surface area contributed by atoms with Crippen molar-refractivity contribution in [1.29, 1.82) is 0 Å². The van der Waals surface area contributed by atoms with Crippen LogP contribution in [-0.4, -0.2) is 14.6 Å². The number of nitrogens with zero attached hydrogens (tertiary/aromatic N) is 3. The van der Waals surface area contributed by atoms with Crippen LogP contribution in [0, 0.1) is 6.92 Å². The van der Waals surface area contributed by atoms with Gasteiger partial charge in [0.05, 0.1) is 11.9 Å². The molecule has 0 saturated carbocycles. The molecule has 0 unspecified atom stereocenters. The van der Waals surface area contributed by atoms with Crippen molar-refractivity contribution in [3.05, 3.63) is 77.1 Å². The van der Waals surface area contributed by atoms with Gasteiger partial charge in [0.2, 0.25) is 0 Å². The van der Waals surface area contributed by atoms with Crippen molar-refractivity contribution in [1.82, 2.24) is 14.6 Å². The molecule has 0 aliphatic rings. The Labute approximate surface area is 170 Å². The topological polar surface area (TPSA) is 42.2 Å². The number of nitrogens with one attached hydrogen (secondary N) is 1. The lowest BCUT2D eigenvalue weighted by Gasteiger charge is -2.20. The molecule has 4 nitrogen and oxygen atoms in total. The van der Waals surface area contributed by atoms with E-state index in [0.29, 0.717) is 5.02 Å². The molecule has 28 heavy (non-hydrogen) atoms. The van der Waals surface area contributed by atoms with Crippen LogP contribution in [0.1, 0.15) is 32.0 Å². The van der Waals surface area contributed by atoms with Crippen molar-refractivity contribution in [3.63, 3.8) is 0 Å². The first-order chi connectivity index (χ1) is 13.3. The van der Waals surface area contributed by atoms with E-state index >= 15 is 0 Å². The Morgan fingerprint density at radius 1 is 0.964 bits per heavy atom. The van der Waals surface area contributed by atoms with Crippen LogP contribution in [0.5, 0.6) is 0 Å². The summed E-state index contributed by atoms with van der Waals surface area (Å²) in [6, 6.07) is 18.1. The molecule has 5 heteroatoms. The van der Waals surface area contributed by atoms with Crippen LogP contribution in [0.15, 0.2) is 60.8 Å². The van der Waals surface area contributed by atoms with Gasteiger partial charge in [-0.1, -0.05) is 62.7 Å². The van der Waals surface area contributed by atoms with Gasteiger partial charge in [0.1, 0.15) is 5.82 Å². The second-order valence-corrected chi connectivity index (χ2v) is 8.45. The number of benzene rings is 2. The van der Waals surface area contributed by atoms with E-state index in [2.05, 4.69) is 62.4 Å². The fourth-order valence-corrected chi connectivity index (χ4v) is 3.41. The molecule has 4 aromatic rings. The van der Waals surface area contributed by atoms with E-state index in [1.165, 1.54) is 5.56 Å². The van der Waals surface area contributed by atoms with Crippen LogP contribution in [0.25, 0.3) is 16.8 Å². The smallest absolute Gasteiger partial charge is 0.165 e. The number of hydrogen-bond donors (Lipinski definition) is 1. The number of anilines is 2. The molecule has 142 valence electrons. The largest absolute Gasteiger partial charge is 0.340 e. The van der Waals surface area contributed by atoms with Gasteiger partial charge in [-0.3, -0.25) is 0 Å². The molecule has 0 spiro atoms. The zero-order valence-electron chi connectivity index (χ0n) is 16.5. The van der Waals surface area contributed by atoms with Gasteiger partial charge in [0, 0.05) is 33.3 Å². The fourth-order valence-electron chi connectivity index (χ4n) is 3.18. The number of hydrogen-bond acceptors (Lipinski definition) is 3. The lowest BCUT2D eigenvalue weighted by atomic mass is 9.92. The summed E-state index contributed by atoms with van der Waals surface area (Å²) >= 11 is 6.45. The first-order valence-corrected chi connectivity index (χ1v) is 9.68. The van der Waals surface area contributed by atoms with Crippen LogP contribution >= 0.6 is 11.6 Å². The van der Waals surface area contributed by atoms with E-state index in [-0.39, 0.29) is 5.41 Å². The standard InChI is InChI=1S/C23H23ClN4/c1-15-8-7-9-16(12-15)26-21-13-20(23(2,3)4)27-22-18(14-25-28(21)22)17-10-5-6-11-19(17)24/h5-14,26H,1-4H3. The summed E-state index contributed by atoms with van der Waals surface area (Å²) < 4.78 is 1.84. The Hall–Kier alpha value is -2.85. The van der Waals surface area contributed by atoms with Crippen LogP contribution in [-0.2, 0) is 5.41 Å². The molecule has 0 radical (unpaired) electrons. The van der Waals surface area contributed by atoms with E-state index in [4.69, 9.17) is 16.6 Å². The Kier molecular flexibility index (Phi) is 4.60. The third-order valence-electron chi connectivity index (χ3n) is 4.69. The molecule has 0 amide bonds. The highest BCUT2D eigenvalue weighted by Gasteiger charge is 2.21. The average molecular weight is 391 g/mol. The first kappa shape index (κ1) is 18.5. The molecule has 0 saturated heterocycles. The lowest BCUT2D eigenvalue weighted by molar-refractivity contribution is 0.569. The zero-order chi connectivity index (χ0) is 19.9. The predicted molar refractivity (Wildman–Crippen MR) is 117 cm³/mol. The molecule has 2 aromatic heterocycles.